The van der Waals surface area contributed by atoms with Gasteiger partial charge in [0.1, 0.15) is 0 Å². The summed E-state index contributed by atoms with van der Waals surface area (Å²) in [6.45, 7) is 2.70. The summed E-state index contributed by atoms with van der Waals surface area (Å²) in [5, 5.41) is 0. The molecular weight excluding hydrogens is 212 g/mol. The van der Waals surface area contributed by atoms with Crippen LogP contribution in [-0.2, 0) is 6.54 Å². The predicted molar refractivity (Wildman–Crippen MR) is 73.1 cm³/mol. The highest BCUT2D eigenvalue weighted by atomic mass is 15.2. The second kappa shape index (κ2) is 4.94. The van der Waals surface area contributed by atoms with E-state index in [0.29, 0.717) is 12.6 Å². The summed E-state index contributed by atoms with van der Waals surface area (Å²) in [4.78, 5) is 4.70. The zero-order chi connectivity index (χ0) is 12.4. The van der Waals surface area contributed by atoms with Crippen LogP contribution in [0.5, 0.6) is 0 Å². The zero-order valence-corrected chi connectivity index (χ0v) is 10.7. The lowest BCUT2D eigenvalue weighted by atomic mass is 10.1. The van der Waals surface area contributed by atoms with Crippen molar-refractivity contribution in [1.82, 2.24) is 4.90 Å². The molecule has 1 saturated heterocycles. The summed E-state index contributed by atoms with van der Waals surface area (Å²) in [5.74, 6) is 0. The first-order valence-corrected chi connectivity index (χ1v) is 6.11. The van der Waals surface area contributed by atoms with Gasteiger partial charge in [-0.1, -0.05) is 0 Å². The Morgan fingerprint density at radius 2 is 2.18 bits per heavy atom. The van der Waals surface area contributed by atoms with Crippen LogP contribution >= 0.6 is 0 Å². The number of nitrogens with two attached hydrogens (primary N) is 2. The third-order valence-corrected chi connectivity index (χ3v) is 3.61. The molecule has 1 aromatic carbocycles. The van der Waals surface area contributed by atoms with E-state index in [1.807, 2.05) is 6.07 Å². The molecule has 0 saturated carbocycles. The summed E-state index contributed by atoms with van der Waals surface area (Å²) in [6.07, 6.45) is 1.22. The molecule has 1 aliphatic rings. The molecule has 4 heteroatoms. The first kappa shape index (κ1) is 12.2. The van der Waals surface area contributed by atoms with Crippen molar-refractivity contribution >= 4 is 11.4 Å². The van der Waals surface area contributed by atoms with Crippen molar-refractivity contribution in [2.45, 2.75) is 19.0 Å². The SMILES string of the molecule is CN(C)[C@@H]1CCN(c2ccc(N)c(CN)c2)C1. The Hall–Kier alpha value is -1.26. The average molecular weight is 234 g/mol. The third kappa shape index (κ3) is 2.53. The van der Waals surface area contributed by atoms with Crippen LogP contribution in [0.2, 0.25) is 0 Å². The maximum Gasteiger partial charge on any atom is 0.0371 e. The summed E-state index contributed by atoms with van der Waals surface area (Å²) < 4.78 is 0. The number of benzene rings is 1. The minimum Gasteiger partial charge on any atom is -0.398 e. The lowest BCUT2D eigenvalue weighted by Gasteiger charge is -2.22. The lowest BCUT2D eigenvalue weighted by Crippen LogP contribution is -2.31. The molecule has 94 valence electrons. The summed E-state index contributed by atoms with van der Waals surface area (Å²) in [7, 11) is 4.28. The molecule has 0 radical (unpaired) electrons. The molecule has 2 rings (SSSR count). The maximum absolute atomic E-state index is 5.87. The van der Waals surface area contributed by atoms with E-state index in [0.717, 1.165) is 24.3 Å². The first-order valence-electron chi connectivity index (χ1n) is 6.11. The van der Waals surface area contributed by atoms with E-state index in [-0.39, 0.29) is 0 Å². The molecule has 0 spiro atoms. The number of hydrogen-bond donors (Lipinski definition) is 2. The van der Waals surface area contributed by atoms with Crippen LogP contribution in [0.4, 0.5) is 11.4 Å². The molecule has 4 N–H and O–H groups in total. The normalized spacial score (nSPS) is 20.2. The number of nitrogens with zero attached hydrogens (tertiary/aromatic N) is 2. The Bertz CT molecular complexity index is 389. The number of rotatable bonds is 3. The fourth-order valence-corrected chi connectivity index (χ4v) is 2.36. The Kier molecular flexibility index (Phi) is 3.54. The average Bonchev–Trinajstić information content (AvgIpc) is 2.79. The fraction of sp³-hybridized carbons (Fsp3) is 0.538. The molecule has 0 unspecified atom stereocenters. The molecule has 1 atom stereocenters. The van der Waals surface area contributed by atoms with Gasteiger partial charge in [-0.15, -0.1) is 0 Å². The van der Waals surface area contributed by atoms with Crippen molar-refractivity contribution in [2.24, 2.45) is 5.73 Å². The van der Waals surface area contributed by atoms with Gasteiger partial charge >= 0.3 is 0 Å². The van der Waals surface area contributed by atoms with Crippen molar-refractivity contribution in [3.8, 4) is 0 Å². The zero-order valence-electron chi connectivity index (χ0n) is 10.7. The van der Waals surface area contributed by atoms with Crippen LogP contribution in [0.1, 0.15) is 12.0 Å². The highest BCUT2D eigenvalue weighted by Crippen LogP contribution is 2.25. The molecule has 4 nitrogen and oxygen atoms in total. The van der Waals surface area contributed by atoms with Crippen molar-refractivity contribution < 1.29 is 0 Å². The van der Waals surface area contributed by atoms with Gasteiger partial charge in [0.2, 0.25) is 0 Å². The van der Waals surface area contributed by atoms with Gasteiger partial charge in [-0.2, -0.15) is 0 Å². The van der Waals surface area contributed by atoms with Crippen LogP contribution in [0.15, 0.2) is 18.2 Å². The Balaban J connectivity index is 2.13. The monoisotopic (exact) mass is 234 g/mol. The van der Waals surface area contributed by atoms with Gasteiger partial charge in [0, 0.05) is 37.1 Å². The third-order valence-electron chi connectivity index (χ3n) is 3.61. The molecule has 1 aliphatic heterocycles. The van der Waals surface area contributed by atoms with Crippen LogP contribution in [0.3, 0.4) is 0 Å². The van der Waals surface area contributed by atoms with E-state index < -0.39 is 0 Å². The minimum atomic E-state index is 0.505. The lowest BCUT2D eigenvalue weighted by molar-refractivity contribution is 0.315. The molecule has 0 aromatic heterocycles. The summed E-state index contributed by atoms with van der Waals surface area (Å²) >= 11 is 0. The number of hydrogen-bond acceptors (Lipinski definition) is 4. The quantitative estimate of drug-likeness (QED) is 0.762. The fourth-order valence-electron chi connectivity index (χ4n) is 2.36. The number of anilines is 2. The number of nitrogen functional groups attached to an aromatic ring is 1. The molecule has 0 amide bonds. The number of likely N-dealkylation sites (N-methyl/N-ethyl adjacent to an activating group) is 1. The molecule has 0 aliphatic carbocycles. The molecular formula is C13H22N4. The van der Waals surface area contributed by atoms with Crippen molar-refractivity contribution in [3.05, 3.63) is 23.8 Å². The van der Waals surface area contributed by atoms with E-state index in [4.69, 9.17) is 11.5 Å². The molecule has 1 fully saturated rings. The van der Waals surface area contributed by atoms with Crippen LogP contribution in [-0.4, -0.2) is 38.1 Å². The molecule has 17 heavy (non-hydrogen) atoms. The van der Waals surface area contributed by atoms with E-state index in [9.17, 15) is 0 Å². The van der Waals surface area contributed by atoms with Gasteiger partial charge in [0.05, 0.1) is 0 Å². The van der Waals surface area contributed by atoms with Crippen molar-refractivity contribution in [1.29, 1.82) is 0 Å². The molecule has 1 heterocycles. The van der Waals surface area contributed by atoms with Gasteiger partial charge in [-0.3, -0.25) is 0 Å². The smallest absolute Gasteiger partial charge is 0.0371 e. The van der Waals surface area contributed by atoms with Gasteiger partial charge in [0.15, 0.2) is 0 Å². The van der Waals surface area contributed by atoms with Crippen molar-refractivity contribution in [3.63, 3.8) is 0 Å². The van der Waals surface area contributed by atoms with Crippen LogP contribution < -0.4 is 16.4 Å². The predicted octanol–water partition coefficient (Wildman–Crippen LogP) is 0.868. The van der Waals surface area contributed by atoms with E-state index >= 15 is 0 Å². The summed E-state index contributed by atoms with van der Waals surface area (Å²) in [5.41, 5.74) is 14.6. The second-order valence-electron chi connectivity index (χ2n) is 4.94. The second-order valence-corrected chi connectivity index (χ2v) is 4.94. The Morgan fingerprint density at radius 1 is 1.41 bits per heavy atom. The van der Waals surface area contributed by atoms with Crippen LogP contribution in [0.25, 0.3) is 0 Å². The van der Waals surface area contributed by atoms with Crippen LogP contribution in [0, 0.1) is 0 Å². The minimum absolute atomic E-state index is 0.505. The van der Waals surface area contributed by atoms with Gasteiger partial charge in [-0.05, 0) is 44.3 Å². The topological polar surface area (TPSA) is 58.5 Å². The Morgan fingerprint density at radius 3 is 2.76 bits per heavy atom. The van der Waals surface area contributed by atoms with E-state index in [2.05, 4.69) is 36.0 Å². The Labute approximate surface area is 103 Å². The highest BCUT2D eigenvalue weighted by Gasteiger charge is 2.24. The largest absolute Gasteiger partial charge is 0.398 e. The van der Waals surface area contributed by atoms with Gasteiger partial charge in [-0.25, -0.2) is 0 Å². The molecule has 0 bridgehead atoms. The van der Waals surface area contributed by atoms with Crippen molar-refractivity contribution in [2.75, 3.05) is 37.8 Å². The van der Waals surface area contributed by atoms with Gasteiger partial charge < -0.3 is 21.3 Å². The first-order chi connectivity index (χ1) is 8.11. The molecule has 1 aromatic rings. The highest BCUT2D eigenvalue weighted by molar-refractivity contribution is 5.59. The van der Waals surface area contributed by atoms with E-state index in [1.54, 1.807) is 0 Å². The standard InChI is InChI=1S/C13H22N4/c1-16(2)12-5-6-17(9-12)11-3-4-13(15)10(7-11)8-14/h3-4,7,12H,5-6,8-9,14-15H2,1-2H3/t12-/m1/s1. The van der Waals surface area contributed by atoms with E-state index in [1.165, 1.54) is 12.1 Å². The van der Waals surface area contributed by atoms with Gasteiger partial charge in [0.25, 0.3) is 0 Å². The maximum atomic E-state index is 5.87. The summed E-state index contributed by atoms with van der Waals surface area (Å²) in [6, 6.07) is 6.81.